The van der Waals surface area contributed by atoms with E-state index in [4.69, 9.17) is 4.74 Å². The Bertz CT molecular complexity index is 1490. The number of benzene rings is 1. The summed E-state index contributed by atoms with van der Waals surface area (Å²) in [6.45, 7) is 0.577. The second-order valence-corrected chi connectivity index (χ2v) is 8.46. The number of imidazole rings is 1. The van der Waals surface area contributed by atoms with Gasteiger partial charge in [-0.05, 0) is 30.3 Å². The van der Waals surface area contributed by atoms with Crippen LogP contribution in [0.15, 0.2) is 61.1 Å². The molecule has 0 bridgehead atoms. The highest BCUT2D eigenvalue weighted by Crippen LogP contribution is 2.26. The number of hydrogen-bond acceptors (Lipinski definition) is 6. The number of pyridine rings is 1. The minimum Gasteiger partial charge on any atom is -0.378 e. The number of amides is 3. The van der Waals surface area contributed by atoms with E-state index in [-0.39, 0.29) is 18.3 Å². The Kier molecular flexibility index (Phi) is 8.31. The molecule has 1 aromatic carbocycles. The van der Waals surface area contributed by atoms with Gasteiger partial charge in [0.25, 0.3) is 5.91 Å². The Hall–Kier alpha value is -4.23. The molecule has 10 nitrogen and oxygen atoms in total. The number of morpholine rings is 1. The second-order valence-electron chi connectivity index (χ2n) is 8.46. The molecule has 4 aromatic rings. The zero-order valence-electron chi connectivity index (χ0n) is 20.3. The summed E-state index contributed by atoms with van der Waals surface area (Å²) in [4.78, 5) is 39.6. The topological polar surface area (TPSA) is 114 Å². The Balaban J connectivity index is 0.00000353. The van der Waals surface area contributed by atoms with E-state index in [9.17, 15) is 22.8 Å². The number of alkyl halides is 3. The van der Waals surface area contributed by atoms with E-state index in [0.717, 1.165) is 0 Å². The van der Waals surface area contributed by atoms with Gasteiger partial charge in [-0.2, -0.15) is 13.2 Å². The minimum absolute atomic E-state index is 0. The molecule has 1 fully saturated rings. The fourth-order valence-corrected chi connectivity index (χ4v) is 3.99. The molecule has 0 spiro atoms. The van der Waals surface area contributed by atoms with Crippen LogP contribution in [0, 0.1) is 0 Å². The number of nitrogens with zero attached hydrogens (tertiary/aromatic N) is 5. The van der Waals surface area contributed by atoms with Gasteiger partial charge in [0.05, 0.1) is 25.1 Å². The molecule has 0 unspecified atom stereocenters. The molecule has 14 heteroatoms. The molecular weight excluding hydrogens is 539 g/mol. The van der Waals surface area contributed by atoms with Crippen molar-refractivity contribution >= 4 is 35.7 Å². The van der Waals surface area contributed by atoms with Gasteiger partial charge in [0.15, 0.2) is 5.82 Å². The first-order valence-electron chi connectivity index (χ1n) is 11.7. The summed E-state index contributed by atoms with van der Waals surface area (Å²) < 4.78 is 44.1. The number of fused-ring (bicyclic) bond motifs is 1. The highest BCUT2D eigenvalue weighted by molar-refractivity contribution is 5.93. The van der Waals surface area contributed by atoms with Crippen molar-refractivity contribution in [2.24, 2.45) is 0 Å². The Morgan fingerprint density at radius 3 is 2.59 bits per heavy atom. The van der Waals surface area contributed by atoms with E-state index in [0.29, 0.717) is 66.0 Å². The minimum atomic E-state index is -4.50. The van der Waals surface area contributed by atoms with Crippen LogP contribution in [0.1, 0.15) is 10.5 Å². The molecular formula is C25H23ClF3N7O3. The molecule has 0 aliphatic carbocycles. The predicted molar refractivity (Wildman–Crippen MR) is 139 cm³/mol. The van der Waals surface area contributed by atoms with E-state index in [2.05, 4.69) is 20.3 Å². The molecule has 5 rings (SSSR count). The van der Waals surface area contributed by atoms with Crippen LogP contribution in [0.2, 0.25) is 0 Å². The van der Waals surface area contributed by atoms with Crippen molar-refractivity contribution in [3.05, 3.63) is 66.7 Å². The predicted octanol–water partition coefficient (Wildman–Crippen LogP) is 4.04. The van der Waals surface area contributed by atoms with Crippen LogP contribution >= 0.6 is 12.4 Å². The summed E-state index contributed by atoms with van der Waals surface area (Å²) in [5.74, 6) is 0.203. The van der Waals surface area contributed by atoms with E-state index >= 15 is 0 Å². The molecule has 3 aromatic heterocycles. The third-order valence-corrected chi connectivity index (χ3v) is 5.81. The lowest BCUT2D eigenvalue weighted by Gasteiger charge is -2.26. The zero-order valence-corrected chi connectivity index (χ0v) is 21.1. The van der Waals surface area contributed by atoms with Crippen LogP contribution in [0.4, 0.5) is 23.7 Å². The number of carbonyl (C=O) groups is 2. The van der Waals surface area contributed by atoms with Gasteiger partial charge in [0.2, 0.25) is 0 Å². The van der Waals surface area contributed by atoms with E-state index in [1.165, 1.54) is 0 Å². The van der Waals surface area contributed by atoms with Crippen molar-refractivity contribution in [1.29, 1.82) is 0 Å². The largest absolute Gasteiger partial charge is 0.405 e. The van der Waals surface area contributed by atoms with Gasteiger partial charge in [0, 0.05) is 42.3 Å². The number of carbonyl (C=O) groups excluding carboxylic acids is 2. The molecule has 1 saturated heterocycles. The molecule has 2 N–H and O–H groups in total. The number of anilines is 1. The van der Waals surface area contributed by atoms with Crippen molar-refractivity contribution in [3.8, 4) is 22.6 Å². The summed E-state index contributed by atoms with van der Waals surface area (Å²) in [5.41, 5.74) is 3.26. The Morgan fingerprint density at radius 2 is 1.82 bits per heavy atom. The third-order valence-electron chi connectivity index (χ3n) is 5.81. The number of hydrogen-bond donors (Lipinski definition) is 2. The maximum Gasteiger partial charge on any atom is 0.405 e. The monoisotopic (exact) mass is 561 g/mol. The lowest BCUT2D eigenvalue weighted by atomic mass is 10.1. The van der Waals surface area contributed by atoms with Crippen LogP contribution in [-0.2, 0) is 4.74 Å². The average molecular weight is 562 g/mol. The fraction of sp³-hybridized carbons (Fsp3) is 0.240. The van der Waals surface area contributed by atoms with Gasteiger partial charge < -0.3 is 20.3 Å². The summed E-state index contributed by atoms with van der Waals surface area (Å²) in [7, 11) is 0. The number of rotatable bonds is 5. The average Bonchev–Trinajstić information content (AvgIpc) is 3.35. The molecule has 0 radical (unpaired) electrons. The first-order chi connectivity index (χ1) is 18.3. The van der Waals surface area contributed by atoms with Gasteiger partial charge in [-0.3, -0.25) is 9.20 Å². The number of urea groups is 1. The lowest BCUT2D eigenvalue weighted by Crippen LogP contribution is -2.41. The first kappa shape index (κ1) is 27.8. The van der Waals surface area contributed by atoms with Crippen LogP contribution < -0.4 is 10.6 Å². The van der Waals surface area contributed by atoms with E-state index < -0.39 is 18.8 Å². The molecule has 0 atom stereocenters. The van der Waals surface area contributed by atoms with E-state index in [1.807, 2.05) is 4.40 Å². The fourth-order valence-electron chi connectivity index (χ4n) is 3.99. The van der Waals surface area contributed by atoms with Crippen molar-refractivity contribution in [3.63, 3.8) is 0 Å². The number of aromatic nitrogens is 4. The molecule has 204 valence electrons. The molecule has 1 aliphatic heterocycles. The zero-order chi connectivity index (χ0) is 26.7. The van der Waals surface area contributed by atoms with Crippen LogP contribution in [0.25, 0.3) is 28.3 Å². The highest BCUT2D eigenvalue weighted by atomic mass is 35.5. The number of halogens is 4. The smallest absolute Gasteiger partial charge is 0.378 e. The van der Waals surface area contributed by atoms with E-state index in [1.54, 1.807) is 71.3 Å². The van der Waals surface area contributed by atoms with Crippen LogP contribution in [0.3, 0.4) is 0 Å². The summed E-state index contributed by atoms with van der Waals surface area (Å²) in [6, 6.07) is 10.9. The highest BCUT2D eigenvalue weighted by Gasteiger charge is 2.27. The van der Waals surface area contributed by atoms with Gasteiger partial charge in [-0.15, -0.1) is 12.4 Å². The van der Waals surface area contributed by atoms with Gasteiger partial charge in [0.1, 0.15) is 17.9 Å². The summed E-state index contributed by atoms with van der Waals surface area (Å²) in [5, 5.41) is 4.17. The van der Waals surface area contributed by atoms with Crippen molar-refractivity contribution in [2.75, 3.05) is 38.2 Å². The molecule has 4 heterocycles. The number of nitrogens with one attached hydrogen (secondary N) is 2. The standard InChI is InChI=1S/C25H22F3N7O3.ClH/c26-25(27,28)15-31-24(37)32-18-3-1-2-16(12-18)20-14-30-21-13-17(5-7-35(20)21)22-29-6-4-19(33-22)23(36)34-8-10-38-11-9-34;/h1-7,12-14H,8-11,15H2,(H2,31,32,37);1H. The second kappa shape index (κ2) is 11.7. The number of ether oxygens (including phenoxy) is 1. The molecule has 39 heavy (non-hydrogen) atoms. The van der Waals surface area contributed by atoms with Crippen LogP contribution in [0.5, 0.6) is 0 Å². The Morgan fingerprint density at radius 1 is 1.03 bits per heavy atom. The maximum atomic E-state index is 12.8. The quantitative estimate of drug-likeness (QED) is 0.380. The lowest BCUT2D eigenvalue weighted by molar-refractivity contribution is -0.122. The normalized spacial score (nSPS) is 13.6. The van der Waals surface area contributed by atoms with Gasteiger partial charge in [-0.1, -0.05) is 12.1 Å². The maximum absolute atomic E-state index is 12.8. The van der Waals surface area contributed by atoms with Gasteiger partial charge >= 0.3 is 12.2 Å². The van der Waals surface area contributed by atoms with Gasteiger partial charge in [-0.25, -0.2) is 19.7 Å². The third kappa shape index (κ3) is 6.62. The van der Waals surface area contributed by atoms with Crippen molar-refractivity contribution in [2.45, 2.75) is 6.18 Å². The van der Waals surface area contributed by atoms with Crippen molar-refractivity contribution in [1.82, 2.24) is 29.6 Å². The van der Waals surface area contributed by atoms with Crippen molar-refractivity contribution < 1.29 is 27.5 Å². The SMILES string of the molecule is Cl.O=C(NCC(F)(F)F)Nc1cccc(-c2cnc3cc(-c4nccc(C(=O)N5CCOCC5)n4)ccn23)c1. The first-order valence-corrected chi connectivity index (χ1v) is 11.7. The summed E-state index contributed by atoms with van der Waals surface area (Å²) in [6.07, 6.45) is 0.462. The molecule has 3 amide bonds. The molecule has 0 saturated carbocycles. The summed E-state index contributed by atoms with van der Waals surface area (Å²) >= 11 is 0. The Labute approximate surface area is 226 Å². The van der Waals surface area contributed by atoms with Crippen LogP contribution in [-0.4, -0.2) is 75.2 Å². The molecule has 1 aliphatic rings.